The fourth-order valence-corrected chi connectivity index (χ4v) is 5.50. The molecule has 3 heterocycles. The van der Waals surface area contributed by atoms with E-state index in [4.69, 9.17) is 9.84 Å². The number of rotatable bonds is 3. The number of fused-ring (bicyclic) bond motifs is 4. The zero-order valence-corrected chi connectivity index (χ0v) is 18.5. The number of hydrogen-bond donors (Lipinski definition) is 1. The zero-order chi connectivity index (χ0) is 22.3. The molecule has 3 aromatic rings. The number of benzene rings is 3. The van der Waals surface area contributed by atoms with Crippen LogP contribution in [0.2, 0.25) is 0 Å². The summed E-state index contributed by atoms with van der Waals surface area (Å²) in [6, 6.07) is 28.1. The van der Waals surface area contributed by atoms with Gasteiger partial charge in [0.15, 0.2) is 0 Å². The van der Waals surface area contributed by atoms with E-state index in [9.17, 15) is 4.79 Å². The molecule has 6 rings (SSSR count). The normalized spacial score (nSPS) is 24.5. The van der Waals surface area contributed by atoms with Gasteiger partial charge in [-0.05, 0) is 35.0 Å². The SMILES string of the molecule is O=C1N[C@@]2(Oc3ccccc3[C@H]3CC(c4ccccc4)=NN32)S/C1=C\C=C\c1ccccc1. The third kappa shape index (κ3) is 3.52. The van der Waals surface area contributed by atoms with E-state index in [2.05, 4.69) is 23.5 Å². The molecule has 0 saturated carbocycles. The Morgan fingerprint density at radius 3 is 2.55 bits per heavy atom. The summed E-state index contributed by atoms with van der Waals surface area (Å²) in [4.78, 5) is 13.5. The summed E-state index contributed by atoms with van der Waals surface area (Å²) in [7, 11) is 0. The van der Waals surface area contributed by atoms with Crippen LogP contribution in [0.15, 0.2) is 107 Å². The first-order valence-corrected chi connectivity index (χ1v) is 11.7. The van der Waals surface area contributed by atoms with Crippen LogP contribution in [0, 0.1) is 0 Å². The lowest BCUT2D eigenvalue weighted by molar-refractivity contribution is -0.127. The van der Waals surface area contributed by atoms with Gasteiger partial charge in [0, 0.05) is 12.0 Å². The fourth-order valence-electron chi connectivity index (χ4n) is 4.37. The average Bonchev–Trinajstić information content (AvgIpc) is 3.44. The zero-order valence-electron chi connectivity index (χ0n) is 17.7. The number of nitrogens with one attached hydrogen (secondary N) is 1. The van der Waals surface area contributed by atoms with E-state index < -0.39 is 5.18 Å². The van der Waals surface area contributed by atoms with Crippen LogP contribution in [-0.2, 0) is 4.79 Å². The molecule has 0 aromatic heterocycles. The summed E-state index contributed by atoms with van der Waals surface area (Å²) >= 11 is 1.36. The molecule has 3 aliphatic heterocycles. The number of carbonyl (C=O) groups excluding carboxylic acids is 1. The molecule has 1 spiro atoms. The number of hydrazone groups is 1. The smallest absolute Gasteiger partial charge is 0.336 e. The van der Waals surface area contributed by atoms with E-state index in [1.807, 2.05) is 90.0 Å². The van der Waals surface area contributed by atoms with Crippen molar-refractivity contribution in [3.8, 4) is 5.75 Å². The van der Waals surface area contributed by atoms with Crippen molar-refractivity contribution >= 4 is 29.5 Å². The summed E-state index contributed by atoms with van der Waals surface area (Å²) in [6.07, 6.45) is 6.45. The van der Waals surface area contributed by atoms with Gasteiger partial charge in [-0.15, -0.1) is 0 Å². The van der Waals surface area contributed by atoms with Crippen molar-refractivity contribution in [2.45, 2.75) is 17.6 Å². The highest BCUT2D eigenvalue weighted by Gasteiger charge is 2.57. The van der Waals surface area contributed by atoms with Gasteiger partial charge in [-0.1, -0.05) is 91.0 Å². The Bertz CT molecular complexity index is 1300. The molecule has 33 heavy (non-hydrogen) atoms. The minimum atomic E-state index is -1.11. The van der Waals surface area contributed by atoms with Crippen molar-refractivity contribution in [2.75, 3.05) is 0 Å². The molecular formula is C27H21N3O2S. The second-order valence-corrected chi connectivity index (χ2v) is 9.25. The number of amides is 1. The minimum absolute atomic E-state index is 0.0165. The number of nitrogens with zero attached hydrogens (tertiary/aromatic N) is 2. The third-order valence-corrected chi connectivity index (χ3v) is 7.12. The molecule has 1 amide bonds. The lowest BCUT2D eigenvalue weighted by Crippen LogP contribution is -2.58. The summed E-state index contributed by atoms with van der Waals surface area (Å²) in [5, 5.41) is 8.83. The highest BCUT2D eigenvalue weighted by molar-refractivity contribution is 8.05. The van der Waals surface area contributed by atoms with E-state index in [-0.39, 0.29) is 11.9 Å². The number of carbonyl (C=O) groups is 1. The maximum absolute atomic E-state index is 13.0. The van der Waals surface area contributed by atoms with Crippen LogP contribution in [0.4, 0.5) is 0 Å². The van der Waals surface area contributed by atoms with Crippen molar-refractivity contribution in [3.05, 3.63) is 119 Å². The molecule has 0 unspecified atom stereocenters. The molecular weight excluding hydrogens is 430 g/mol. The van der Waals surface area contributed by atoms with E-state index in [1.165, 1.54) is 11.8 Å². The van der Waals surface area contributed by atoms with Crippen LogP contribution >= 0.6 is 11.8 Å². The molecule has 1 saturated heterocycles. The number of ether oxygens (including phenoxy) is 1. The van der Waals surface area contributed by atoms with Gasteiger partial charge in [0.05, 0.1) is 16.7 Å². The van der Waals surface area contributed by atoms with Crippen molar-refractivity contribution in [1.29, 1.82) is 0 Å². The minimum Gasteiger partial charge on any atom is -0.439 e. The molecule has 2 atom stereocenters. The molecule has 0 bridgehead atoms. The Labute approximate surface area is 196 Å². The van der Waals surface area contributed by atoms with Gasteiger partial charge in [0.25, 0.3) is 5.91 Å². The van der Waals surface area contributed by atoms with Gasteiger partial charge in [-0.3, -0.25) is 10.1 Å². The molecule has 3 aliphatic rings. The Balaban J connectivity index is 1.36. The number of thioether (sulfide) groups is 1. The molecule has 6 heteroatoms. The van der Waals surface area contributed by atoms with Crippen molar-refractivity contribution in [1.82, 2.24) is 10.3 Å². The fraction of sp³-hybridized carbons (Fsp3) is 0.111. The van der Waals surface area contributed by atoms with Crippen LogP contribution in [0.3, 0.4) is 0 Å². The highest BCUT2D eigenvalue weighted by atomic mass is 32.2. The predicted molar refractivity (Wildman–Crippen MR) is 131 cm³/mol. The van der Waals surface area contributed by atoms with Gasteiger partial charge in [0.1, 0.15) is 5.75 Å². The highest BCUT2D eigenvalue weighted by Crippen LogP contribution is 2.53. The van der Waals surface area contributed by atoms with Gasteiger partial charge in [-0.2, -0.15) is 5.10 Å². The second kappa shape index (κ2) is 7.98. The Hall–Kier alpha value is -3.77. The first-order chi connectivity index (χ1) is 16.2. The van der Waals surface area contributed by atoms with Crippen LogP contribution in [0.25, 0.3) is 6.08 Å². The number of para-hydroxylation sites is 1. The van der Waals surface area contributed by atoms with Crippen LogP contribution in [0.1, 0.15) is 29.2 Å². The maximum Gasteiger partial charge on any atom is 0.336 e. The lowest BCUT2D eigenvalue weighted by Gasteiger charge is -2.43. The van der Waals surface area contributed by atoms with Crippen LogP contribution < -0.4 is 10.1 Å². The number of allylic oxidation sites excluding steroid dienone is 2. The summed E-state index contributed by atoms with van der Waals surface area (Å²) in [5.41, 5.74) is 4.22. The van der Waals surface area contributed by atoms with Gasteiger partial charge in [-0.25, -0.2) is 5.01 Å². The van der Waals surface area contributed by atoms with Gasteiger partial charge in [0.2, 0.25) is 0 Å². The Morgan fingerprint density at radius 1 is 1.00 bits per heavy atom. The van der Waals surface area contributed by atoms with Crippen molar-refractivity contribution in [3.63, 3.8) is 0 Å². The molecule has 162 valence electrons. The largest absolute Gasteiger partial charge is 0.439 e. The molecule has 3 aromatic carbocycles. The predicted octanol–water partition coefficient (Wildman–Crippen LogP) is 5.30. The van der Waals surface area contributed by atoms with E-state index in [0.717, 1.165) is 34.6 Å². The van der Waals surface area contributed by atoms with Crippen molar-refractivity contribution < 1.29 is 9.53 Å². The molecule has 1 fully saturated rings. The number of hydrogen-bond acceptors (Lipinski definition) is 5. The van der Waals surface area contributed by atoms with Crippen LogP contribution in [-0.4, -0.2) is 21.8 Å². The Morgan fingerprint density at radius 2 is 1.73 bits per heavy atom. The molecule has 0 radical (unpaired) electrons. The van der Waals surface area contributed by atoms with E-state index in [0.29, 0.717) is 4.91 Å². The second-order valence-electron chi connectivity index (χ2n) is 8.06. The molecule has 0 aliphatic carbocycles. The van der Waals surface area contributed by atoms with Gasteiger partial charge >= 0.3 is 5.18 Å². The van der Waals surface area contributed by atoms with E-state index in [1.54, 1.807) is 0 Å². The monoisotopic (exact) mass is 451 g/mol. The van der Waals surface area contributed by atoms with E-state index >= 15 is 0 Å². The van der Waals surface area contributed by atoms with Gasteiger partial charge < -0.3 is 4.74 Å². The standard InChI is InChI=1S/C27H21N3O2S/c31-26-25(17-9-12-19-10-3-1-4-11-19)33-27(28-26)30-23(21-15-7-8-16-24(21)32-27)18-22(29-30)20-13-5-2-6-14-20/h1-17,23H,18H2,(H,28,31)/b12-9+,25-17-/t23-,27-/m1/s1. The average molecular weight is 452 g/mol. The third-order valence-electron chi connectivity index (χ3n) is 5.92. The van der Waals surface area contributed by atoms with Crippen LogP contribution in [0.5, 0.6) is 5.75 Å². The summed E-state index contributed by atoms with van der Waals surface area (Å²) in [5.74, 6) is 0.608. The Kier molecular flexibility index (Phi) is 4.80. The summed E-state index contributed by atoms with van der Waals surface area (Å²) in [6.45, 7) is 0. The summed E-state index contributed by atoms with van der Waals surface area (Å²) < 4.78 is 6.43. The molecule has 1 N–H and O–H groups in total. The maximum atomic E-state index is 13.0. The molecule has 5 nitrogen and oxygen atoms in total. The first-order valence-electron chi connectivity index (χ1n) is 10.9. The lowest BCUT2D eigenvalue weighted by atomic mass is 9.97. The topological polar surface area (TPSA) is 53.9 Å². The first kappa shape index (κ1) is 19.9. The quantitative estimate of drug-likeness (QED) is 0.549. The van der Waals surface area contributed by atoms with Crippen molar-refractivity contribution in [2.24, 2.45) is 5.10 Å².